The van der Waals surface area contributed by atoms with Gasteiger partial charge in [0, 0.05) is 17.0 Å². The lowest BCUT2D eigenvalue weighted by atomic mass is 9.70. The fourth-order valence-electron chi connectivity index (χ4n) is 3.76. The summed E-state index contributed by atoms with van der Waals surface area (Å²) in [6, 6.07) is 9.17. The molecule has 11 heteroatoms. The Morgan fingerprint density at radius 1 is 1.00 bits per heavy atom. The second kappa shape index (κ2) is 7.56. The van der Waals surface area contributed by atoms with E-state index in [9.17, 15) is 22.8 Å². The van der Waals surface area contributed by atoms with E-state index >= 15 is 0 Å². The standard InChI is InChI=1S/C19H20N4O6S/c20-17(24)15-14(16(29-23-15)10-4-2-1-3-5-10)11-6-12(7-11)18(25)21-22-19(26)13-8-30(27,28)9-13/h1-5,11-13H,6-9H2,(H2,20,24)(H,21,25)(H,22,26). The van der Waals surface area contributed by atoms with Crippen molar-refractivity contribution in [2.45, 2.75) is 18.8 Å². The molecule has 0 spiro atoms. The molecule has 4 rings (SSSR count). The molecular weight excluding hydrogens is 412 g/mol. The van der Waals surface area contributed by atoms with Crippen molar-refractivity contribution < 1.29 is 27.3 Å². The molecule has 1 saturated carbocycles. The smallest absolute Gasteiger partial charge is 0.271 e. The largest absolute Gasteiger partial charge is 0.364 e. The number of hydrogen-bond acceptors (Lipinski definition) is 7. The van der Waals surface area contributed by atoms with Gasteiger partial charge in [0.05, 0.1) is 17.4 Å². The first-order valence-electron chi connectivity index (χ1n) is 9.40. The number of nitrogens with zero attached hydrogens (tertiary/aromatic N) is 1. The number of benzene rings is 1. The van der Waals surface area contributed by atoms with Crippen LogP contribution in [0.1, 0.15) is 34.8 Å². The molecule has 4 N–H and O–H groups in total. The highest BCUT2D eigenvalue weighted by atomic mass is 32.2. The van der Waals surface area contributed by atoms with Crippen molar-refractivity contribution in [2.24, 2.45) is 17.6 Å². The highest BCUT2D eigenvalue weighted by molar-refractivity contribution is 7.92. The maximum absolute atomic E-state index is 12.3. The zero-order valence-electron chi connectivity index (χ0n) is 15.8. The number of carbonyl (C=O) groups is 3. The predicted octanol–water partition coefficient (Wildman–Crippen LogP) is 0.126. The van der Waals surface area contributed by atoms with Crippen LogP contribution in [0.25, 0.3) is 11.3 Å². The van der Waals surface area contributed by atoms with Gasteiger partial charge in [-0.3, -0.25) is 25.2 Å². The van der Waals surface area contributed by atoms with Crippen molar-refractivity contribution in [1.82, 2.24) is 16.0 Å². The molecule has 10 nitrogen and oxygen atoms in total. The first-order valence-corrected chi connectivity index (χ1v) is 11.2. The van der Waals surface area contributed by atoms with Crippen LogP contribution in [0.2, 0.25) is 0 Å². The van der Waals surface area contributed by atoms with Crippen LogP contribution in [0, 0.1) is 11.8 Å². The first kappa shape index (κ1) is 20.1. The number of hydrazine groups is 1. The average molecular weight is 432 g/mol. The third kappa shape index (κ3) is 3.80. The summed E-state index contributed by atoms with van der Waals surface area (Å²) in [7, 11) is -3.12. The lowest BCUT2D eigenvalue weighted by molar-refractivity contribution is -0.134. The van der Waals surface area contributed by atoms with Gasteiger partial charge in [-0.25, -0.2) is 8.42 Å². The molecule has 1 aliphatic heterocycles. The quantitative estimate of drug-likeness (QED) is 0.566. The van der Waals surface area contributed by atoms with Gasteiger partial charge in [-0.15, -0.1) is 0 Å². The van der Waals surface area contributed by atoms with Crippen molar-refractivity contribution in [1.29, 1.82) is 0 Å². The van der Waals surface area contributed by atoms with Crippen LogP contribution in [0.4, 0.5) is 0 Å². The first-order chi connectivity index (χ1) is 14.2. The van der Waals surface area contributed by atoms with Crippen LogP contribution >= 0.6 is 0 Å². The second-order valence-corrected chi connectivity index (χ2v) is 9.78. The fourth-order valence-corrected chi connectivity index (χ4v) is 5.19. The van der Waals surface area contributed by atoms with Gasteiger partial charge >= 0.3 is 0 Å². The normalized spacial score (nSPS) is 22.4. The molecule has 3 amide bonds. The molecule has 158 valence electrons. The van der Waals surface area contributed by atoms with Crippen LogP contribution in [0.5, 0.6) is 0 Å². The number of nitrogens with one attached hydrogen (secondary N) is 2. The van der Waals surface area contributed by atoms with Gasteiger partial charge in [-0.1, -0.05) is 35.5 Å². The molecule has 2 heterocycles. The van der Waals surface area contributed by atoms with Crippen molar-refractivity contribution in [3.63, 3.8) is 0 Å². The number of primary amides is 1. The minimum Gasteiger partial charge on any atom is -0.364 e. The summed E-state index contributed by atoms with van der Waals surface area (Å²) >= 11 is 0. The Labute approximate surface area is 172 Å². The number of hydrogen-bond donors (Lipinski definition) is 3. The molecule has 30 heavy (non-hydrogen) atoms. The maximum atomic E-state index is 12.3. The Morgan fingerprint density at radius 3 is 2.17 bits per heavy atom. The van der Waals surface area contributed by atoms with E-state index in [1.54, 1.807) is 0 Å². The minimum atomic E-state index is -3.12. The van der Waals surface area contributed by atoms with Crippen molar-refractivity contribution in [3.05, 3.63) is 41.6 Å². The van der Waals surface area contributed by atoms with Gasteiger partial charge in [0.25, 0.3) is 5.91 Å². The van der Waals surface area contributed by atoms with Gasteiger partial charge in [-0.2, -0.15) is 0 Å². The molecule has 1 aromatic carbocycles. The summed E-state index contributed by atoms with van der Waals surface area (Å²) in [6.45, 7) is 0. The SMILES string of the molecule is NC(=O)c1noc(-c2ccccc2)c1C1CC(C(=O)NNC(=O)C2CS(=O)(=O)C2)C1. The zero-order chi connectivity index (χ0) is 21.5. The third-order valence-electron chi connectivity index (χ3n) is 5.50. The topological polar surface area (TPSA) is 161 Å². The zero-order valence-corrected chi connectivity index (χ0v) is 16.6. The molecule has 1 saturated heterocycles. The van der Waals surface area contributed by atoms with Crippen LogP contribution in [-0.4, -0.2) is 42.8 Å². The summed E-state index contributed by atoms with van der Waals surface area (Å²) in [5.41, 5.74) is 11.4. The number of nitrogens with two attached hydrogens (primary N) is 1. The number of rotatable bonds is 5. The summed E-state index contributed by atoms with van der Waals surface area (Å²) < 4.78 is 27.7. The number of carbonyl (C=O) groups excluding carboxylic acids is 3. The molecule has 0 radical (unpaired) electrons. The van der Waals surface area contributed by atoms with Gasteiger partial charge in [0.2, 0.25) is 11.8 Å². The summed E-state index contributed by atoms with van der Waals surface area (Å²) in [6.07, 6.45) is 0.863. The Bertz CT molecular complexity index is 1090. The van der Waals surface area contributed by atoms with Crippen molar-refractivity contribution in [3.8, 4) is 11.3 Å². The lowest BCUT2D eigenvalue weighted by Gasteiger charge is -2.34. The molecule has 1 aromatic heterocycles. The number of aromatic nitrogens is 1. The predicted molar refractivity (Wildman–Crippen MR) is 104 cm³/mol. The van der Waals surface area contributed by atoms with E-state index in [4.69, 9.17) is 10.3 Å². The average Bonchev–Trinajstić information content (AvgIpc) is 3.08. The number of amides is 3. The third-order valence-corrected chi connectivity index (χ3v) is 7.32. The van der Waals surface area contributed by atoms with E-state index < -0.39 is 27.6 Å². The Kier molecular flexibility index (Phi) is 5.06. The Morgan fingerprint density at radius 2 is 1.60 bits per heavy atom. The van der Waals surface area contributed by atoms with E-state index in [0.717, 1.165) is 5.56 Å². The summed E-state index contributed by atoms with van der Waals surface area (Å²) in [5.74, 6) is -2.70. The molecule has 0 atom stereocenters. The van der Waals surface area contributed by atoms with E-state index in [2.05, 4.69) is 16.0 Å². The lowest BCUT2D eigenvalue weighted by Crippen LogP contribution is -2.53. The molecule has 1 aliphatic carbocycles. The van der Waals surface area contributed by atoms with Gasteiger partial charge in [-0.05, 0) is 18.8 Å². The molecular formula is C19H20N4O6S. The van der Waals surface area contributed by atoms with Crippen LogP contribution in [0.3, 0.4) is 0 Å². The maximum Gasteiger partial charge on any atom is 0.271 e. The van der Waals surface area contributed by atoms with Crippen molar-refractivity contribution >= 4 is 27.6 Å². The fraction of sp³-hybridized carbons (Fsp3) is 0.368. The molecule has 0 bridgehead atoms. The monoisotopic (exact) mass is 432 g/mol. The molecule has 0 unspecified atom stereocenters. The van der Waals surface area contributed by atoms with Crippen LogP contribution < -0.4 is 16.6 Å². The van der Waals surface area contributed by atoms with E-state index in [0.29, 0.717) is 24.2 Å². The van der Waals surface area contributed by atoms with Gasteiger partial charge in [0.15, 0.2) is 21.3 Å². The molecule has 2 aromatic rings. The summed E-state index contributed by atoms with van der Waals surface area (Å²) in [5, 5.41) is 3.82. The van der Waals surface area contributed by atoms with E-state index in [1.165, 1.54) is 0 Å². The highest BCUT2D eigenvalue weighted by Gasteiger charge is 2.42. The summed E-state index contributed by atoms with van der Waals surface area (Å²) in [4.78, 5) is 35.9. The minimum absolute atomic E-state index is 0.0530. The highest BCUT2D eigenvalue weighted by Crippen LogP contribution is 2.46. The molecule has 2 fully saturated rings. The second-order valence-electron chi connectivity index (χ2n) is 7.62. The Hall–Kier alpha value is -3.21. The van der Waals surface area contributed by atoms with E-state index in [-0.39, 0.29) is 34.9 Å². The van der Waals surface area contributed by atoms with Crippen LogP contribution in [0.15, 0.2) is 34.9 Å². The number of sulfone groups is 1. The van der Waals surface area contributed by atoms with Gasteiger partial charge < -0.3 is 10.3 Å². The van der Waals surface area contributed by atoms with E-state index in [1.807, 2.05) is 30.3 Å². The van der Waals surface area contributed by atoms with Gasteiger partial charge in [0.1, 0.15) is 0 Å². The van der Waals surface area contributed by atoms with Crippen molar-refractivity contribution in [2.75, 3.05) is 11.5 Å². The van der Waals surface area contributed by atoms with Crippen LogP contribution in [-0.2, 0) is 19.4 Å². The molecule has 2 aliphatic rings. The Balaban J connectivity index is 1.38.